The molecule has 2 aromatic carbocycles. The highest BCUT2D eigenvalue weighted by atomic mass is 16.3. The van der Waals surface area contributed by atoms with Crippen LogP contribution in [0.5, 0.6) is 0 Å². The maximum Gasteiger partial charge on any atom is 0.226 e. The summed E-state index contributed by atoms with van der Waals surface area (Å²) in [5, 5.41) is 2.38. The molecule has 34 heavy (non-hydrogen) atoms. The highest BCUT2D eigenvalue weighted by Crippen LogP contribution is 2.40. The molecule has 6 nitrogen and oxygen atoms in total. The van der Waals surface area contributed by atoms with Crippen molar-refractivity contribution in [3.05, 3.63) is 108 Å². The van der Waals surface area contributed by atoms with Crippen molar-refractivity contribution in [3.63, 3.8) is 0 Å². The van der Waals surface area contributed by atoms with E-state index in [1.54, 1.807) is 12.5 Å². The number of pyridine rings is 1. The van der Waals surface area contributed by atoms with Crippen LogP contribution < -0.4 is 4.90 Å². The molecule has 7 rings (SSSR count). The van der Waals surface area contributed by atoms with Gasteiger partial charge in [-0.25, -0.2) is 9.97 Å². The fraction of sp³-hybridized carbons (Fsp3) is 0.107. The molecule has 1 unspecified atom stereocenters. The number of rotatable bonds is 3. The minimum absolute atomic E-state index is 0.0313. The second-order valence-corrected chi connectivity index (χ2v) is 8.61. The first kappa shape index (κ1) is 19.1. The summed E-state index contributed by atoms with van der Waals surface area (Å²) in [5.74, 6) is 0.710. The molecule has 0 fully saturated rings. The van der Waals surface area contributed by atoms with Crippen LogP contribution in [0.1, 0.15) is 22.9 Å². The molecular formula is C28H21N5O. The Morgan fingerprint density at radius 1 is 0.912 bits per heavy atom. The van der Waals surface area contributed by atoms with Crippen LogP contribution in [0.2, 0.25) is 0 Å². The Morgan fingerprint density at radius 2 is 1.79 bits per heavy atom. The molecule has 0 saturated carbocycles. The molecule has 1 N–H and O–H groups in total. The standard InChI is InChI=1S/C28H21N5O/c1-2-7-24-21(5-1)22-10-13-33(28-30-16-20(17-31-28)23-6-3-4-12-29-23)27(26(22)32-24)19-8-9-25-18(15-19)11-14-34-25/h1-9,11-12,14-17,27,32H,10,13H2. The van der Waals surface area contributed by atoms with Crippen molar-refractivity contribution in [1.29, 1.82) is 0 Å². The highest BCUT2D eigenvalue weighted by Gasteiger charge is 2.33. The van der Waals surface area contributed by atoms with Crippen molar-refractivity contribution in [2.75, 3.05) is 11.4 Å². The van der Waals surface area contributed by atoms with Crippen LogP contribution in [-0.2, 0) is 6.42 Å². The average molecular weight is 444 g/mol. The van der Waals surface area contributed by atoms with Gasteiger partial charge in [-0.05, 0) is 53.9 Å². The number of benzene rings is 2. The molecule has 0 amide bonds. The first-order valence-electron chi connectivity index (χ1n) is 11.4. The number of aromatic nitrogens is 4. The van der Waals surface area contributed by atoms with Crippen LogP contribution >= 0.6 is 0 Å². The van der Waals surface area contributed by atoms with Gasteiger partial charge in [0.05, 0.1) is 18.0 Å². The van der Waals surface area contributed by atoms with E-state index in [9.17, 15) is 0 Å². The number of furan rings is 1. The number of hydrogen-bond acceptors (Lipinski definition) is 5. The van der Waals surface area contributed by atoms with E-state index < -0.39 is 0 Å². The molecule has 1 aliphatic rings. The largest absolute Gasteiger partial charge is 0.464 e. The van der Waals surface area contributed by atoms with Gasteiger partial charge in [0.25, 0.3) is 0 Å². The Morgan fingerprint density at radius 3 is 2.68 bits per heavy atom. The van der Waals surface area contributed by atoms with Gasteiger partial charge >= 0.3 is 0 Å². The van der Waals surface area contributed by atoms with Gasteiger partial charge in [-0.1, -0.05) is 30.3 Å². The van der Waals surface area contributed by atoms with E-state index >= 15 is 0 Å². The molecule has 1 aliphatic heterocycles. The van der Waals surface area contributed by atoms with Crippen molar-refractivity contribution in [2.45, 2.75) is 12.5 Å². The Hall–Kier alpha value is -4.45. The third-order valence-corrected chi connectivity index (χ3v) is 6.68. The number of H-pyrrole nitrogens is 1. The molecule has 6 aromatic rings. The number of aromatic amines is 1. The molecule has 5 heterocycles. The number of hydrogen-bond donors (Lipinski definition) is 1. The summed E-state index contributed by atoms with van der Waals surface area (Å²) < 4.78 is 5.59. The molecule has 0 bridgehead atoms. The monoisotopic (exact) mass is 443 g/mol. The lowest BCUT2D eigenvalue weighted by atomic mass is 9.92. The second-order valence-electron chi connectivity index (χ2n) is 8.61. The fourth-order valence-electron chi connectivity index (χ4n) is 5.09. The van der Waals surface area contributed by atoms with Crippen LogP contribution in [-0.4, -0.2) is 26.5 Å². The Bertz CT molecular complexity index is 1620. The predicted octanol–water partition coefficient (Wildman–Crippen LogP) is 5.92. The highest BCUT2D eigenvalue weighted by molar-refractivity contribution is 5.86. The molecule has 0 aliphatic carbocycles. The summed E-state index contributed by atoms with van der Waals surface area (Å²) in [6.07, 6.45) is 8.17. The quantitative estimate of drug-likeness (QED) is 0.368. The number of anilines is 1. The third kappa shape index (κ3) is 2.99. The maximum absolute atomic E-state index is 5.59. The van der Waals surface area contributed by atoms with Crippen LogP contribution in [0.25, 0.3) is 33.1 Å². The predicted molar refractivity (Wildman–Crippen MR) is 133 cm³/mol. The topological polar surface area (TPSA) is 70.8 Å². The van der Waals surface area contributed by atoms with Gasteiger partial charge < -0.3 is 14.3 Å². The van der Waals surface area contributed by atoms with Crippen LogP contribution in [0, 0.1) is 0 Å². The Labute approximate surface area is 195 Å². The molecule has 4 aromatic heterocycles. The summed E-state index contributed by atoms with van der Waals surface area (Å²) in [6.45, 7) is 0.825. The molecule has 0 saturated heterocycles. The molecule has 164 valence electrons. The lowest BCUT2D eigenvalue weighted by Gasteiger charge is -2.36. The van der Waals surface area contributed by atoms with E-state index in [0.717, 1.165) is 40.7 Å². The normalized spacial score (nSPS) is 15.6. The first-order valence-corrected chi connectivity index (χ1v) is 11.4. The summed E-state index contributed by atoms with van der Waals surface area (Å²) in [5.41, 5.74) is 7.58. The Balaban J connectivity index is 1.37. The summed E-state index contributed by atoms with van der Waals surface area (Å²) in [7, 11) is 0. The van der Waals surface area contributed by atoms with Gasteiger partial charge in [-0.2, -0.15) is 0 Å². The van der Waals surface area contributed by atoms with Crippen LogP contribution in [0.3, 0.4) is 0 Å². The molecule has 0 spiro atoms. The zero-order valence-corrected chi connectivity index (χ0v) is 18.3. The average Bonchev–Trinajstić information content (AvgIpc) is 3.53. The number of nitrogens with one attached hydrogen (secondary N) is 1. The van der Waals surface area contributed by atoms with Crippen molar-refractivity contribution < 1.29 is 4.42 Å². The van der Waals surface area contributed by atoms with Gasteiger partial charge in [-0.3, -0.25) is 4.98 Å². The zero-order valence-electron chi connectivity index (χ0n) is 18.3. The van der Waals surface area contributed by atoms with Crippen molar-refractivity contribution in [3.8, 4) is 11.3 Å². The summed E-state index contributed by atoms with van der Waals surface area (Å²) >= 11 is 0. The van der Waals surface area contributed by atoms with E-state index in [4.69, 9.17) is 14.4 Å². The van der Waals surface area contributed by atoms with E-state index in [1.807, 2.05) is 42.7 Å². The van der Waals surface area contributed by atoms with E-state index in [2.05, 4.69) is 51.3 Å². The van der Waals surface area contributed by atoms with Crippen LogP contribution in [0.4, 0.5) is 5.95 Å². The summed E-state index contributed by atoms with van der Waals surface area (Å²) in [6, 6.07) is 22.8. The smallest absolute Gasteiger partial charge is 0.226 e. The van der Waals surface area contributed by atoms with Gasteiger partial charge in [0.1, 0.15) is 5.58 Å². The van der Waals surface area contributed by atoms with E-state index in [1.165, 1.54) is 22.2 Å². The molecule has 1 atom stereocenters. The van der Waals surface area contributed by atoms with Gasteiger partial charge in [0.15, 0.2) is 0 Å². The molecular weight excluding hydrogens is 422 g/mol. The van der Waals surface area contributed by atoms with Crippen LogP contribution in [0.15, 0.2) is 96.0 Å². The van der Waals surface area contributed by atoms with E-state index in [-0.39, 0.29) is 6.04 Å². The SMILES string of the molecule is c1ccc(-c2cnc(N3CCc4c([nH]c5ccccc45)C3c3ccc4occc4c3)nc2)nc1. The zero-order chi connectivity index (χ0) is 22.5. The Kier molecular flexibility index (Phi) is 4.24. The first-order chi connectivity index (χ1) is 16.8. The molecule has 6 heteroatoms. The van der Waals surface area contributed by atoms with Gasteiger partial charge in [0.2, 0.25) is 5.95 Å². The van der Waals surface area contributed by atoms with Crippen molar-refractivity contribution >= 4 is 27.8 Å². The fourth-order valence-corrected chi connectivity index (χ4v) is 5.09. The number of fused-ring (bicyclic) bond motifs is 4. The number of nitrogens with zero attached hydrogens (tertiary/aromatic N) is 4. The lowest BCUT2D eigenvalue weighted by Crippen LogP contribution is -2.37. The van der Waals surface area contributed by atoms with Gasteiger partial charge in [0, 0.05) is 52.7 Å². The molecule has 0 radical (unpaired) electrons. The minimum atomic E-state index is -0.0313. The second kappa shape index (κ2) is 7.56. The van der Waals surface area contributed by atoms with Crippen molar-refractivity contribution in [1.82, 2.24) is 19.9 Å². The number of para-hydroxylation sites is 1. The lowest BCUT2D eigenvalue weighted by molar-refractivity contribution is 0.613. The summed E-state index contributed by atoms with van der Waals surface area (Å²) in [4.78, 5) is 20.0. The third-order valence-electron chi connectivity index (χ3n) is 6.68. The van der Waals surface area contributed by atoms with E-state index in [0.29, 0.717) is 5.95 Å². The van der Waals surface area contributed by atoms with Gasteiger partial charge in [-0.15, -0.1) is 0 Å². The van der Waals surface area contributed by atoms with Crippen molar-refractivity contribution in [2.24, 2.45) is 0 Å². The maximum atomic E-state index is 5.59. The minimum Gasteiger partial charge on any atom is -0.464 e.